The first-order valence-electron chi connectivity index (χ1n) is 3.92. The lowest BCUT2D eigenvalue weighted by molar-refractivity contribution is -0.0546. The summed E-state index contributed by atoms with van der Waals surface area (Å²) in [6, 6.07) is 7.76. The summed E-state index contributed by atoms with van der Waals surface area (Å²) < 4.78 is 60.2. The number of alkyl halides is 4. The fraction of sp³-hybridized carbons (Fsp3) is 0.250. The van der Waals surface area contributed by atoms with E-state index in [0.29, 0.717) is 5.56 Å². The van der Waals surface area contributed by atoms with Crippen LogP contribution < -0.4 is 6.15 Å². The molecule has 0 aromatic heterocycles. The van der Waals surface area contributed by atoms with Gasteiger partial charge in [0, 0.05) is 0 Å². The Morgan fingerprint density at radius 2 is 1.65 bits per heavy atom. The van der Waals surface area contributed by atoms with Crippen LogP contribution in [0.25, 0.3) is 0 Å². The van der Waals surface area contributed by atoms with E-state index in [0.717, 1.165) is 0 Å². The SMILES string of the molecule is N.O=S(=O)(OC(I)c1ccccc1)C(F)(F)F. The van der Waals surface area contributed by atoms with E-state index in [4.69, 9.17) is 0 Å². The molecule has 0 spiro atoms. The van der Waals surface area contributed by atoms with Crippen molar-refractivity contribution in [1.29, 1.82) is 0 Å². The smallest absolute Gasteiger partial charge is 0.344 e. The van der Waals surface area contributed by atoms with E-state index >= 15 is 0 Å². The van der Waals surface area contributed by atoms with E-state index in [1.54, 1.807) is 18.2 Å². The van der Waals surface area contributed by atoms with Gasteiger partial charge in [-0.1, -0.05) is 30.3 Å². The molecule has 98 valence electrons. The van der Waals surface area contributed by atoms with Crippen molar-refractivity contribution in [1.82, 2.24) is 6.15 Å². The summed E-state index contributed by atoms with van der Waals surface area (Å²) in [7, 11) is -5.55. The molecular formula is C8H9F3INO3S. The zero-order valence-electron chi connectivity index (χ0n) is 8.32. The molecule has 1 rings (SSSR count). The Hall–Kier alpha value is -0.390. The second kappa shape index (κ2) is 5.98. The van der Waals surface area contributed by atoms with Gasteiger partial charge in [-0.3, -0.25) is 0 Å². The topological polar surface area (TPSA) is 78.4 Å². The molecule has 3 N–H and O–H groups in total. The maximum atomic E-state index is 12.0. The molecule has 0 aliphatic heterocycles. The molecule has 0 saturated carbocycles. The Labute approximate surface area is 110 Å². The number of hydrogen-bond acceptors (Lipinski definition) is 4. The first-order chi connectivity index (χ1) is 7.24. The average molecular weight is 383 g/mol. The molecule has 1 aromatic carbocycles. The van der Waals surface area contributed by atoms with Gasteiger partial charge in [0.2, 0.25) is 0 Å². The predicted molar refractivity (Wildman–Crippen MR) is 64.3 cm³/mol. The van der Waals surface area contributed by atoms with Crippen LogP contribution in [-0.4, -0.2) is 13.9 Å². The number of rotatable bonds is 3. The maximum absolute atomic E-state index is 12.0. The van der Waals surface area contributed by atoms with Gasteiger partial charge in [0.1, 0.15) is 0 Å². The third-order valence-corrected chi connectivity index (χ3v) is 3.89. The van der Waals surface area contributed by atoms with Gasteiger partial charge >= 0.3 is 15.6 Å². The van der Waals surface area contributed by atoms with Crippen molar-refractivity contribution < 1.29 is 25.8 Å². The second-order valence-corrected chi connectivity index (χ2v) is 5.42. The summed E-state index contributed by atoms with van der Waals surface area (Å²) in [5.41, 5.74) is -5.05. The molecule has 4 nitrogen and oxygen atoms in total. The van der Waals surface area contributed by atoms with Gasteiger partial charge in [-0.05, 0) is 28.2 Å². The van der Waals surface area contributed by atoms with Crippen molar-refractivity contribution in [2.24, 2.45) is 0 Å². The van der Waals surface area contributed by atoms with Crippen LogP contribution >= 0.6 is 22.6 Å². The van der Waals surface area contributed by atoms with Gasteiger partial charge in [0.15, 0.2) is 4.11 Å². The van der Waals surface area contributed by atoms with Gasteiger partial charge in [-0.2, -0.15) is 21.6 Å². The van der Waals surface area contributed by atoms with Crippen molar-refractivity contribution in [3.05, 3.63) is 35.9 Å². The summed E-state index contributed by atoms with van der Waals surface area (Å²) in [6.45, 7) is 0. The Morgan fingerprint density at radius 1 is 1.18 bits per heavy atom. The lowest BCUT2D eigenvalue weighted by Gasteiger charge is -2.13. The van der Waals surface area contributed by atoms with Gasteiger partial charge in [0.05, 0.1) is 0 Å². The van der Waals surface area contributed by atoms with Gasteiger partial charge < -0.3 is 6.15 Å². The van der Waals surface area contributed by atoms with Gasteiger partial charge in [-0.15, -0.1) is 0 Å². The van der Waals surface area contributed by atoms with Gasteiger partial charge in [0.25, 0.3) is 0 Å². The average Bonchev–Trinajstić information content (AvgIpc) is 2.16. The summed E-state index contributed by atoms with van der Waals surface area (Å²) in [5.74, 6) is 0. The minimum Gasteiger partial charge on any atom is -0.344 e. The minimum atomic E-state index is -5.55. The van der Waals surface area contributed by atoms with Crippen molar-refractivity contribution in [3.8, 4) is 0 Å². The molecule has 0 saturated heterocycles. The maximum Gasteiger partial charge on any atom is 0.523 e. The van der Waals surface area contributed by atoms with E-state index in [1.807, 2.05) is 0 Å². The Bertz CT molecular complexity index is 449. The normalized spacial score (nSPS) is 13.9. The highest BCUT2D eigenvalue weighted by Crippen LogP contribution is 2.33. The highest BCUT2D eigenvalue weighted by Gasteiger charge is 2.48. The second-order valence-electron chi connectivity index (χ2n) is 2.72. The van der Waals surface area contributed by atoms with Crippen LogP contribution in [0, 0.1) is 0 Å². The predicted octanol–water partition coefficient (Wildman–Crippen LogP) is 3.15. The summed E-state index contributed by atoms with van der Waals surface area (Å²) >= 11 is 1.47. The van der Waals surface area contributed by atoms with Crippen LogP contribution in [0.5, 0.6) is 0 Å². The monoisotopic (exact) mass is 383 g/mol. The van der Waals surface area contributed by atoms with Gasteiger partial charge in [-0.25, -0.2) is 4.18 Å². The van der Waals surface area contributed by atoms with Crippen LogP contribution in [0.1, 0.15) is 9.67 Å². The highest BCUT2D eigenvalue weighted by molar-refractivity contribution is 14.1. The molecule has 17 heavy (non-hydrogen) atoms. The lowest BCUT2D eigenvalue weighted by atomic mass is 10.2. The fourth-order valence-corrected chi connectivity index (χ4v) is 2.50. The third kappa shape index (κ3) is 4.41. The van der Waals surface area contributed by atoms with E-state index < -0.39 is 19.7 Å². The standard InChI is InChI=1S/C8H6F3IO3S.H3N/c9-8(10,11)16(13,14)15-7(12)6-4-2-1-3-5-6;/h1-5,7H;1H3. The molecule has 1 aromatic rings. The Kier molecular flexibility index (Phi) is 5.84. The van der Waals surface area contributed by atoms with Crippen LogP contribution in [0.4, 0.5) is 13.2 Å². The van der Waals surface area contributed by atoms with E-state index in [9.17, 15) is 21.6 Å². The molecule has 0 heterocycles. The summed E-state index contributed by atoms with van der Waals surface area (Å²) in [4.78, 5) is 0. The molecule has 9 heteroatoms. The Morgan fingerprint density at radius 3 is 2.06 bits per heavy atom. The van der Waals surface area contributed by atoms with Crippen molar-refractivity contribution in [2.75, 3.05) is 0 Å². The molecule has 0 amide bonds. The van der Waals surface area contributed by atoms with Crippen LogP contribution in [0.15, 0.2) is 30.3 Å². The minimum absolute atomic E-state index is 0. The molecule has 0 aliphatic carbocycles. The van der Waals surface area contributed by atoms with Crippen molar-refractivity contribution in [3.63, 3.8) is 0 Å². The zero-order valence-corrected chi connectivity index (χ0v) is 11.3. The largest absolute Gasteiger partial charge is 0.523 e. The zero-order chi connectivity index (χ0) is 12.4. The summed E-state index contributed by atoms with van der Waals surface area (Å²) in [6.07, 6.45) is 0. The molecular weight excluding hydrogens is 374 g/mol. The molecule has 0 fully saturated rings. The summed E-state index contributed by atoms with van der Waals surface area (Å²) in [5, 5.41) is 0. The van der Waals surface area contributed by atoms with E-state index in [-0.39, 0.29) is 6.15 Å². The van der Waals surface area contributed by atoms with Crippen LogP contribution in [0.3, 0.4) is 0 Å². The van der Waals surface area contributed by atoms with E-state index in [1.165, 1.54) is 34.7 Å². The van der Waals surface area contributed by atoms with Crippen molar-refractivity contribution >= 4 is 32.7 Å². The fourth-order valence-electron chi connectivity index (χ4n) is 0.826. The molecule has 0 bridgehead atoms. The number of benzene rings is 1. The van der Waals surface area contributed by atoms with Crippen molar-refractivity contribution in [2.45, 2.75) is 9.62 Å². The highest BCUT2D eigenvalue weighted by atomic mass is 127. The quantitative estimate of drug-likeness (QED) is 0.377. The molecule has 1 unspecified atom stereocenters. The lowest BCUT2D eigenvalue weighted by Crippen LogP contribution is -2.26. The van der Waals surface area contributed by atoms with E-state index in [2.05, 4.69) is 4.18 Å². The first-order valence-corrected chi connectivity index (χ1v) is 6.58. The van der Waals surface area contributed by atoms with Crippen LogP contribution in [-0.2, 0) is 14.3 Å². The number of hydrogen-bond donors (Lipinski definition) is 1. The molecule has 0 aliphatic rings. The number of halogens is 4. The third-order valence-electron chi connectivity index (χ3n) is 1.56. The van der Waals surface area contributed by atoms with Crippen LogP contribution in [0.2, 0.25) is 0 Å². The Balaban J connectivity index is 0.00000256. The molecule has 0 radical (unpaired) electrons. The first kappa shape index (κ1) is 16.6. The molecule has 1 atom stereocenters.